The van der Waals surface area contributed by atoms with Gasteiger partial charge in [-0.1, -0.05) is 0 Å². The zero-order chi connectivity index (χ0) is 10.9. The molecule has 0 fully saturated rings. The zero-order valence-corrected chi connectivity index (χ0v) is 8.18. The molecule has 0 radical (unpaired) electrons. The lowest BCUT2D eigenvalue weighted by Gasteiger charge is -2.16. The van der Waals surface area contributed by atoms with E-state index in [-0.39, 0.29) is 12.5 Å². The molecule has 80 valence electrons. The quantitative estimate of drug-likeness (QED) is 0.379. The molecule has 0 aromatic carbocycles. The van der Waals surface area contributed by atoms with Gasteiger partial charge in [0.25, 0.3) is 5.09 Å². The molecule has 0 bridgehead atoms. The van der Waals surface area contributed by atoms with E-state index >= 15 is 0 Å². The van der Waals surface area contributed by atoms with E-state index in [4.69, 9.17) is 24.8 Å². The molecular formula is C6H16N2O5. The van der Waals surface area contributed by atoms with Crippen LogP contribution in [0.15, 0.2) is 0 Å². The highest BCUT2D eigenvalue weighted by atomic mass is 16.9. The van der Waals surface area contributed by atoms with Crippen molar-refractivity contribution in [3.63, 3.8) is 0 Å². The number of nitrogens with zero attached hydrogens (tertiary/aromatic N) is 1. The summed E-state index contributed by atoms with van der Waals surface area (Å²) >= 11 is 0. The molecule has 0 rings (SSSR count). The minimum absolute atomic E-state index is 0.0555. The lowest BCUT2D eigenvalue weighted by atomic mass is 10.5. The minimum atomic E-state index is -1.50. The fourth-order valence-corrected chi connectivity index (χ4v) is 0.467. The van der Waals surface area contributed by atoms with Crippen molar-refractivity contribution >= 4 is 0 Å². The number of nitrogens with one attached hydrogen (secondary N) is 1. The molecule has 13 heavy (non-hydrogen) atoms. The first kappa shape index (κ1) is 14.6. The van der Waals surface area contributed by atoms with Gasteiger partial charge >= 0.3 is 0 Å². The summed E-state index contributed by atoms with van der Waals surface area (Å²) < 4.78 is 9.86. The lowest BCUT2D eigenvalue weighted by Crippen LogP contribution is -2.36. The van der Waals surface area contributed by atoms with Gasteiger partial charge in [0.05, 0.1) is 0 Å². The van der Waals surface area contributed by atoms with Crippen LogP contribution in [0.1, 0.15) is 13.8 Å². The largest absolute Gasteiger partial charge is 0.367 e. The second-order valence-electron chi connectivity index (χ2n) is 2.16. The van der Waals surface area contributed by atoms with Gasteiger partial charge in [-0.05, 0) is 13.8 Å². The van der Waals surface area contributed by atoms with Crippen LogP contribution in [0.2, 0.25) is 0 Å². The van der Waals surface area contributed by atoms with Gasteiger partial charge in [0.2, 0.25) is 0 Å². The Morgan fingerprint density at radius 2 is 1.54 bits per heavy atom. The highest BCUT2D eigenvalue weighted by Gasteiger charge is 2.01. The van der Waals surface area contributed by atoms with Crippen LogP contribution in [0.25, 0.3) is 0 Å². The van der Waals surface area contributed by atoms with Crippen LogP contribution < -0.4 is 5.32 Å². The maximum atomic E-state index is 8.36. The first-order chi connectivity index (χ1) is 5.93. The van der Waals surface area contributed by atoms with E-state index in [1.807, 2.05) is 13.8 Å². The third kappa shape index (κ3) is 18.2. The van der Waals surface area contributed by atoms with Gasteiger partial charge in [0.1, 0.15) is 12.5 Å². The summed E-state index contributed by atoms with van der Waals surface area (Å²) in [6, 6.07) is 0. The Bertz CT molecular complexity index is 120. The Kier molecular flexibility index (Phi) is 10.3. The molecule has 0 aliphatic carbocycles. The molecule has 0 saturated heterocycles. The molecule has 2 atom stereocenters. The summed E-state index contributed by atoms with van der Waals surface area (Å²) in [4.78, 5) is 8.36. The first-order valence-electron chi connectivity index (χ1n) is 3.59. The lowest BCUT2D eigenvalue weighted by molar-refractivity contribution is -0.742. The third-order valence-corrected chi connectivity index (χ3v) is 1.18. The van der Waals surface area contributed by atoms with E-state index in [0.29, 0.717) is 0 Å². The topological polar surface area (TPSA) is 93.9 Å². The number of methoxy groups -OCH3 is 2. The molecule has 0 saturated carbocycles. The Labute approximate surface area is 76.7 Å². The van der Waals surface area contributed by atoms with Crippen LogP contribution in [-0.2, 0) is 9.47 Å². The van der Waals surface area contributed by atoms with Crippen LogP contribution in [-0.4, -0.2) is 37.0 Å². The van der Waals surface area contributed by atoms with E-state index in [2.05, 4.69) is 5.32 Å². The molecule has 2 unspecified atom stereocenters. The van der Waals surface area contributed by atoms with Crippen molar-refractivity contribution in [2.75, 3.05) is 14.2 Å². The van der Waals surface area contributed by atoms with Crippen LogP contribution in [0.3, 0.4) is 0 Å². The van der Waals surface area contributed by atoms with Crippen molar-refractivity contribution in [3.8, 4) is 0 Å². The molecule has 0 heterocycles. The van der Waals surface area contributed by atoms with Gasteiger partial charge in [-0.3, -0.25) is 5.32 Å². The van der Waals surface area contributed by atoms with E-state index in [1.54, 1.807) is 14.2 Å². The molecule has 0 amide bonds. The molecule has 0 aliphatic rings. The Morgan fingerprint density at radius 3 is 1.69 bits per heavy atom. The molecule has 0 aromatic heterocycles. The number of ether oxygens (including phenoxy) is 2. The monoisotopic (exact) mass is 196 g/mol. The van der Waals surface area contributed by atoms with Gasteiger partial charge in [-0.25, -0.2) is 0 Å². The van der Waals surface area contributed by atoms with E-state index in [9.17, 15) is 0 Å². The summed E-state index contributed by atoms with van der Waals surface area (Å²) in [6.07, 6.45) is 0.111. The average molecular weight is 196 g/mol. The van der Waals surface area contributed by atoms with Gasteiger partial charge in [-0.2, -0.15) is 0 Å². The normalized spacial score (nSPS) is 13.8. The second-order valence-corrected chi connectivity index (χ2v) is 2.16. The zero-order valence-electron chi connectivity index (χ0n) is 8.18. The summed E-state index contributed by atoms with van der Waals surface area (Å²) in [5.41, 5.74) is 0. The van der Waals surface area contributed by atoms with Crippen LogP contribution in [0.4, 0.5) is 0 Å². The fraction of sp³-hybridized carbons (Fsp3) is 1.00. The van der Waals surface area contributed by atoms with Crippen LogP contribution >= 0.6 is 0 Å². The minimum Gasteiger partial charge on any atom is -0.367 e. The van der Waals surface area contributed by atoms with E-state index < -0.39 is 5.09 Å². The summed E-state index contributed by atoms with van der Waals surface area (Å²) in [6.45, 7) is 3.85. The number of rotatable bonds is 4. The first-order valence-corrected chi connectivity index (χ1v) is 3.59. The number of hydrogen-bond donors (Lipinski definition) is 2. The van der Waals surface area contributed by atoms with Crippen molar-refractivity contribution in [1.29, 1.82) is 0 Å². The smallest absolute Gasteiger partial charge is 0.291 e. The number of hydrogen-bond acceptors (Lipinski definition) is 5. The van der Waals surface area contributed by atoms with E-state index in [0.717, 1.165) is 0 Å². The fourth-order valence-electron chi connectivity index (χ4n) is 0.467. The van der Waals surface area contributed by atoms with Gasteiger partial charge in [0, 0.05) is 14.2 Å². The molecule has 0 aromatic rings. The van der Waals surface area contributed by atoms with Crippen molar-refractivity contribution in [2.45, 2.75) is 26.3 Å². The summed E-state index contributed by atoms with van der Waals surface area (Å²) in [5.74, 6) is 0. The van der Waals surface area contributed by atoms with Crippen LogP contribution in [0, 0.1) is 10.1 Å². The standard InChI is InChI=1S/C6H15NO2.HNO3/c1-5(8-3)7-6(2)9-4;2-1(3)4/h5-7H,1-4H3;(H,2,3,4). The molecule has 7 nitrogen and oxygen atoms in total. The van der Waals surface area contributed by atoms with Gasteiger partial charge in [-0.15, -0.1) is 10.1 Å². The van der Waals surface area contributed by atoms with E-state index in [1.165, 1.54) is 0 Å². The van der Waals surface area contributed by atoms with Crippen LogP contribution in [0.5, 0.6) is 0 Å². The molecule has 0 aliphatic heterocycles. The maximum absolute atomic E-state index is 8.36. The Hall–Kier alpha value is -0.920. The molecule has 2 N–H and O–H groups in total. The predicted octanol–water partition coefficient (Wildman–Crippen LogP) is 0.213. The maximum Gasteiger partial charge on any atom is 0.291 e. The van der Waals surface area contributed by atoms with Crippen molar-refractivity contribution < 1.29 is 19.8 Å². The summed E-state index contributed by atoms with van der Waals surface area (Å²) in [5, 5.41) is 16.7. The predicted molar refractivity (Wildman–Crippen MR) is 44.9 cm³/mol. The molecule has 0 spiro atoms. The third-order valence-electron chi connectivity index (χ3n) is 1.18. The average Bonchev–Trinajstić information content (AvgIpc) is 2.03. The Morgan fingerprint density at radius 1 is 1.31 bits per heavy atom. The SMILES string of the molecule is COC(C)NC(C)OC.O=[N+]([O-])O. The van der Waals surface area contributed by atoms with Crippen molar-refractivity contribution in [1.82, 2.24) is 5.32 Å². The van der Waals surface area contributed by atoms with Crippen molar-refractivity contribution in [2.24, 2.45) is 0 Å². The second kappa shape index (κ2) is 9.17. The van der Waals surface area contributed by atoms with Gasteiger partial charge < -0.3 is 14.7 Å². The molecular weight excluding hydrogens is 180 g/mol. The molecule has 7 heteroatoms. The van der Waals surface area contributed by atoms with Gasteiger partial charge in [0.15, 0.2) is 0 Å². The highest BCUT2D eigenvalue weighted by Crippen LogP contribution is 1.86. The highest BCUT2D eigenvalue weighted by molar-refractivity contribution is 4.47. The van der Waals surface area contributed by atoms with Crippen molar-refractivity contribution in [3.05, 3.63) is 10.1 Å². The Balaban J connectivity index is 0. The summed E-state index contributed by atoms with van der Waals surface area (Å²) in [7, 11) is 3.31.